The molecule has 1 aromatic heterocycles. The molecule has 0 aliphatic heterocycles. The van der Waals surface area contributed by atoms with Crippen LogP contribution in [-0.4, -0.2) is 26.8 Å². The topological polar surface area (TPSA) is 67.8 Å². The number of hydrogen-bond acceptors (Lipinski definition) is 4. The second-order valence-corrected chi connectivity index (χ2v) is 3.88. The Bertz CT molecular complexity index is 366. The number of aromatic nitrogens is 3. The number of hydrogen-bond donors (Lipinski definition) is 1. The van der Waals surface area contributed by atoms with Gasteiger partial charge in [-0.1, -0.05) is 11.8 Å². The zero-order valence-corrected chi connectivity index (χ0v) is 7.71. The van der Waals surface area contributed by atoms with Gasteiger partial charge in [-0.05, 0) is 12.8 Å². The largest absolute Gasteiger partial charge is 0.344 e. The minimum absolute atomic E-state index is 0.170. The molecule has 1 fully saturated rings. The average Bonchev–Trinajstić information content (AvgIpc) is 2.88. The third-order valence-electron chi connectivity index (χ3n) is 1.86. The molecule has 0 saturated heterocycles. The van der Waals surface area contributed by atoms with E-state index in [2.05, 4.69) is 10.2 Å². The predicted octanol–water partition coefficient (Wildman–Crippen LogP) is 0.197. The molecule has 1 heterocycles. The van der Waals surface area contributed by atoms with Crippen LogP contribution in [-0.2, 0) is 4.79 Å². The second-order valence-electron chi connectivity index (χ2n) is 2.89. The maximum Gasteiger partial charge on any atom is 0.344 e. The number of H-pyrrole nitrogens is 1. The Morgan fingerprint density at radius 2 is 2.46 bits per heavy atom. The van der Waals surface area contributed by atoms with Crippen molar-refractivity contribution in [3.8, 4) is 0 Å². The third-order valence-corrected chi connectivity index (χ3v) is 2.71. The Balaban J connectivity index is 2.23. The SMILES string of the molecule is O=CCSc1n[nH]c(=O)n1C1CC1. The Hall–Kier alpha value is -1.04. The summed E-state index contributed by atoms with van der Waals surface area (Å²) in [5.74, 6) is 0.344. The average molecular weight is 199 g/mol. The number of carbonyl (C=O) groups excluding carboxylic acids is 1. The summed E-state index contributed by atoms with van der Waals surface area (Å²) in [7, 11) is 0. The van der Waals surface area contributed by atoms with E-state index < -0.39 is 0 Å². The minimum atomic E-state index is -0.170. The highest BCUT2D eigenvalue weighted by atomic mass is 32.2. The van der Waals surface area contributed by atoms with Gasteiger partial charge in [-0.3, -0.25) is 4.57 Å². The van der Waals surface area contributed by atoms with Crippen molar-refractivity contribution in [2.75, 3.05) is 5.75 Å². The van der Waals surface area contributed by atoms with Crippen molar-refractivity contribution in [1.29, 1.82) is 0 Å². The van der Waals surface area contributed by atoms with Crippen LogP contribution in [0.2, 0.25) is 0 Å². The van der Waals surface area contributed by atoms with E-state index in [0.717, 1.165) is 19.1 Å². The first kappa shape index (κ1) is 8.55. The number of thioether (sulfide) groups is 1. The van der Waals surface area contributed by atoms with Gasteiger partial charge in [-0.15, -0.1) is 5.10 Å². The Morgan fingerprint density at radius 1 is 1.69 bits per heavy atom. The van der Waals surface area contributed by atoms with Crippen LogP contribution < -0.4 is 5.69 Å². The highest BCUT2D eigenvalue weighted by Crippen LogP contribution is 2.35. The molecule has 0 aromatic carbocycles. The molecule has 1 aliphatic rings. The first-order chi connectivity index (χ1) is 6.33. The number of rotatable bonds is 4. The molecule has 1 aromatic rings. The summed E-state index contributed by atoms with van der Waals surface area (Å²) in [6, 6.07) is 0.306. The van der Waals surface area contributed by atoms with Gasteiger partial charge < -0.3 is 4.79 Å². The van der Waals surface area contributed by atoms with E-state index in [-0.39, 0.29) is 5.69 Å². The molecule has 5 nitrogen and oxygen atoms in total. The molecular formula is C7H9N3O2S. The van der Waals surface area contributed by atoms with Crippen LogP contribution in [0.15, 0.2) is 9.95 Å². The number of nitrogens with zero attached hydrogens (tertiary/aromatic N) is 2. The molecule has 1 N–H and O–H groups in total. The molecule has 0 spiro atoms. The summed E-state index contributed by atoms with van der Waals surface area (Å²) in [4.78, 5) is 21.4. The molecule has 0 bridgehead atoms. The Labute approximate surface area is 78.5 Å². The van der Waals surface area contributed by atoms with Crippen LogP contribution in [0, 0.1) is 0 Å². The zero-order chi connectivity index (χ0) is 9.26. The summed E-state index contributed by atoms with van der Waals surface area (Å²) in [5.41, 5.74) is -0.170. The van der Waals surface area contributed by atoms with Gasteiger partial charge in [-0.25, -0.2) is 9.89 Å². The summed E-state index contributed by atoms with van der Waals surface area (Å²) in [5, 5.41) is 6.86. The minimum Gasteiger partial charge on any atom is -0.302 e. The molecule has 0 unspecified atom stereocenters. The van der Waals surface area contributed by atoms with Gasteiger partial charge in [0.2, 0.25) is 0 Å². The van der Waals surface area contributed by atoms with Crippen molar-refractivity contribution in [2.24, 2.45) is 0 Å². The van der Waals surface area contributed by atoms with Crippen molar-refractivity contribution >= 4 is 18.0 Å². The summed E-state index contributed by atoms with van der Waals surface area (Å²) >= 11 is 1.29. The zero-order valence-electron chi connectivity index (χ0n) is 6.90. The lowest BCUT2D eigenvalue weighted by Gasteiger charge is -1.99. The normalized spacial score (nSPS) is 16.0. The van der Waals surface area contributed by atoms with Crippen LogP contribution in [0.1, 0.15) is 18.9 Å². The fourth-order valence-electron chi connectivity index (χ4n) is 1.16. The van der Waals surface area contributed by atoms with Crippen molar-refractivity contribution in [2.45, 2.75) is 24.0 Å². The Kier molecular flexibility index (Phi) is 2.22. The molecule has 0 radical (unpaired) electrons. The van der Waals surface area contributed by atoms with Gasteiger partial charge in [0.25, 0.3) is 0 Å². The molecule has 2 rings (SSSR count). The molecular weight excluding hydrogens is 190 g/mol. The number of aldehydes is 1. The second kappa shape index (κ2) is 3.37. The molecule has 1 aliphatic carbocycles. The standard InChI is InChI=1S/C7H9N3O2S/c11-3-4-13-7-9-8-6(12)10(7)5-1-2-5/h3,5H,1-2,4H2,(H,8,12). The lowest BCUT2D eigenvalue weighted by Crippen LogP contribution is -2.16. The van der Waals surface area contributed by atoms with Gasteiger partial charge in [0, 0.05) is 6.04 Å². The van der Waals surface area contributed by atoms with Crippen molar-refractivity contribution in [1.82, 2.24) is 14.8 Å². The monoisotopic (exact) mass is 199 g/mol. The molecule has 70 valence electrons. The van der Waals surface area contributed by atoms with E-state index in [4.69, 9.17) is 0 Å². The van der Waals surface area contributed by atoms with Gasteiger partial charge in [0.05, 0.1) is 5.75 Å². The number of nitrogens with one attached hydrogen (secondary N) is 1. The third kappa shape index (κ3) is 1.67. The van der Waals surface area contributed by atoms with Gasteiger partial charge in [-0.2, -0.15) is 0 Å². The summed E-state index contributed by atoms with van der Waals surface area (Å²) in [6.45, 7) is 0. The lowest BCUT2D eigenvalue weighted by atomic mass is 10.7. The van der Waals surface area contributed by atoms with Crippen LogP contribution in [0.3, 0.4) is 0 Å². The van der Waals surface area contributed by atoms with Crippen LogP contribution >= 0.6 is 11.8 Å². The van der Waals surface area contributed by atoms with Gasteiger partial charge in [0.15, 0.2) is 5.16 Å². The fraction of sp³-hybridized carbons (Fsp3) is 0.571. The molecule has 13 heavy (non-hydrogen) atoms. The van der Waals surface area contributed by atoms with E-state index in [9.17, 15) is 9.59 Å². The maximum absolute atomic E-state index is 11.2. The van der Waals surface area contributed by atoms with Gasteiger partial charge in [0.1, 0.15) is 6.29 Å². The molecule has 0 atom stereocenters. The lowest BCUT2D eigenvalue weighted by molar-refractivity contribution is -0.105. The van der Waals surface area contributed by atoms with Crippen molar-refractivity contribution in [3.05, 3.63) is 10.5 Å². The van der Waals surface area contributed by atoms with Crippen LogP contribution in [0.4, 0.5) is 0 Å². The quantitative estimate of drug-likeness (QED) is 0.555. The Morgan fingerprint density at radius 3 is 3.08 bits per heavy atom. The summed E-state index contributed by atoms with van der Waals surface area (Å²) in [6.07, 6.45) is 2.88. The van der Waals surface area contributed by atoms with Crippen LogP contribution in [0.25, 0.3) is 0 Å². The fourth-order valence-corrected chi connectivity index (χ4v) is 1.85. The molecule has 1 saturated carbocycles. The highest BCUT2D eigenvalue weighted by molar-refractivity contribution is 7.99. The predicted molar refractivity (Wildman–Crippen MR) is 47.9 cm³/mol. The van der Waals surface area contributed by atoms with Crippen LogP contribution in [0.5, 0.6) is 0 Å². The molecule has 0 amide bonds. The smallest absolute Gasteiger partial charge is 0.302 e. The van der Waals surface area contributed by atoms with E-state index >= 15 is 0 Å². The van der Waals surface area contributed by atoms with Crippen molar-refractivity contribution < 1.29 is 4.79 Å². The van der Waals surface area contributed by atoms with Gasteiger partial charge >= 0.3 is 5.69 Å². The van der Waals surface area contributed by atoms with E-state index in [1.165, 1.54) is 11.8 Å². The summed E-state index contributed by atoms with van der Waals surface area (Å²) < 4.78 is 1.63. The maximum atomic E-state index is 11.2. The number of carbonyl (C=O) groups is 1. The first-order valence-corrected chi connectivity index (χ1v) is 5.05. The van der Waals surface area contributed by atoms with Crippen molar-refractivity contribution in [3.63, 3.8) is 0 Å². The highest BCUT2D eigenvalue weighted by Gasteiger charge is 2.28. The molecule has 6 heteroatoms. The number of aromatic amines is 1. The van der Waals surface area contributed by atoms with E-state index in [1.54, 1.807) is 4.57 Å². The van der Waals surface area contributed by atoms with E-state index in [1.807, 2.05) is 0 Å². The first-order valence-electron chi connectivity index (χ1n) is 4.06. The van der Waals surface area contributed by atoms with E-state index in [0.29, 0.717) is 17.0 Å².